The second-order valence-electron chi connectivity index (χ2n) is 5.76. The Labute approximate surface area is 150 Å². The van der Waals surface area contributed by atoms with Crippen molar-refractivity contribution in [2.24, 2.45) is 0 Å². The summed E-state index contributed by atoms with van der Waals surface area (Å²) in [6.07, 6.45) is 0.758. The van der Waals surface area contributed by atoms with Gasteiger partial charge < -0.3 is 14.2 Å². The Morgan fingerprint density at radius 2 is 2.04 bits per heavy atom. The number of hydrogen-bond donors (Lipinski definition) is 1. The lowest BCUT2D eigenvalue weighted by molar-refractivity contribution is -0.157. The zero-order valence-electron chi connectivity index (χ0n) is 14.4. The summed E-state index contributed by atoms with van der Waals surface area (Å²) in [6, 6.07) is 0. The number of carbonyl (C=O) groups is 2. The van der Waals surface area contributed by atoms with Crippen LogP contribution in [0.4, 0.5) is 0 Å². The van der Waals surface area contributed by atoms with Crippen molar-refractivity contribution < 1.29 is 23.8 Å². The second-order valence-corrected chi connectivity index (χ2v) is 6.15. The molecule has 0 spiro atoms. The van der Waals surface area contributed by atoms with Gasteiger partial charge in [0.25, 0.3) is 5.56 Å². The van der Waals surface area contributed by atoms with Crippen molar-refractivity contribution in [2.45, 2.75) is 58.5 Å². The maximum absolute atomic E-state index is 11.7. The van der Waals surface area contributed by atoms with Crippen LogP contribution in [0.1, 0.15) is 44.9 Å². The van der Waals surface area contributed by atoms with Crippen LogP contribution in [0.5, 0.6) is 0 Å². The number of hydrogen-bond acceptors (Lipinski definition) is 7. The number of carbonyl (C=O) groups excluding carboxylic acids is 2. The first-order valence-corrected chi connectivity index (χ1v) is 8.59. The molecule has 1 aromatic heterocycles. The molecule has 138 valence electrons. The van der Waals surface area contributed by atoms with Crippen LogP contribution in [-0.2, 0) is 23.8 Å². The lowest BCUT2D eigenvalue weighted by Gasteiger charge is -2.18. The molecule has 0 bridgehead atoms. The van der Waals surface area contributed by atoms with Crippen LogP contribution in [0.25, 0.3) is 0 Å². The fraction of sp³-hybridized carbons (Fsp3) is 0.625. The first-order chi connectivity index (χ1) is 11.8. The number of esters is 2. The molecule has 25 heavy (non-hydrogen) atoms. The van der Waals surface area contributed by atoms with Gasteiger partial charge in [-0.25, -0.2) is 0 Å². The molecule has 0 amide bonds. The molecule has 9 heteroatoms. The lowest BCUT2D eigenvalue weighted by atomic mass is 10.2. The summed E-state index contributed by atoms with van der Waals surface area (Å²) in [7, 11) is 0. The molecule has 0 radical (unpaired) electrons. The first kappa shape index (κ1) is 19.3. The smallest absolute Gasteiger partial charge is 0.305 e. The van der Waals surface area contributed by atoms with Crippen LogP contribution < -0.4 is 5.56 Å². The van der Waals surface area contributed by atoms with Gasteiger partial charge in [-0.15, -0.1) is 0 Å². The predicted molar refractivity (Wildman–Crippen MR) is 90.6 cm³/mol. The Morgan fingerprint density at radius 3 is 2.68 bits per heavy atom. The molecule has 1 aliphatic heterocycles. The molecular weight excluding hydrogens is 348 g/mol. The number of rotatable bonds is 6. The van der Waals surface area contributed by atoms with E-state index in [0.29, 0.717) is 12.0 Å². The van der Waals surface area contributed by atoms with Crippen LogP contribution in [0.2, 0.25) is 0 Å². The predicted octanol–water partition coefficient (Wildman–Crippen LogP) is 1.78. The molecule has 0 aromatic carbocycles. The van der Waals surface area contributed by atoms with Crippen molar-refractivity contribution in [3.63, 3.8) is 0 Å². The quantitative estimate of drug-likeness (QED) is 0.602. The maximum atomic E-state index is 11.7. The summed E-state index contributed by atoms with van der Waals surface area (Å²) >= 11 is 5.18. The Hall–Kier alpha value is -2.00. The molecule has 2 rings (SSSR count). The van der Waals surface area contributed by atoms with Gasteiger partial charge in [-0.2, -0.15) is 0 Å². The Bertz CT molecular complexity index is 756. The highest BCUT2D eigenvalue weighted by Crippen LogP contribution is 2.31. The van der Waals surface area contributed by atoms with Gasteiger partial charge in [-0.05, 0) is 19.1 Å². The average Bonchev–Trinajstić information content (AvgIpc) is 2.98. The molecule has 8 nitrogen and oxygen atoms in total. The fourth-order valence-electron chi connectivity index (χ4n) is 2.47. The van der Waals surface area contributed by atoms with Crippen LogP contribution in [0.3, 0.4) is 0 Å². The van der Waals surface area contributed by atoms with Crippen LogP contribution >= 0.6 is 12.2 Å². The van der Waals surface area contributed by atoms with E-state index in [4.69, 9.17) is 26.4 Å². The van der Waals surface area contributed by atoms with Crippen molar-refractivity contribution in [2.75, 3.05) is 6.61 Å². The van der Waals surface area contributed by atoms with Gasteiger partial charge in [0.05, 0.1) is 0 Å². The zero-order valence-corrected chi connectivity index (χ0v) is 15.3. The lowest BCUT2D eigenvalue weighted by Crippen LogP contribution is -2.31. The number of ether oxygens (including phenoxy) is 3. The fourth-order valence-corrected chi connectivity index (χ4v) is 2.74. The van der Waals surface area contributed by atoms with Crippen molar-refractivity contribution in [3.8, 4) is 0 Å². The molecule has 1 aliphatic rings. The van der Waals surface area contributed by atoms with Crippen molar-refractivity contribution in [1.29, 1.82) is 0 Å². The molecule has 2 heterocycles. The van der Waals surface area contributed by atoms with Gasteiger partial charge in [-0.3, -0.25) is 23.9 Å². The minimum atomic E-state index is -0.592. The summed E-state index contributed by atoms with van der Waals surface area (Å²) in [5, 5.41) is 0. The van der Waals surface area contributed by atoms with Crippen LogP contribution in [0, 0.1) is 11.7 Å². The van der Waals surface area contributed by atoms with E-state index in [2.05, 4.69) is 4.98 Å². The Kier molecular flexibility index (Phi) is 6.49. The minimum Gasteiger partial charge on any atom is -0.463 e. The third-order valence-corrected chi connectivity index (χ3v) is 4.22. The SMILES string of the molecule is CCC(=O)OC[C@H]1O[C@H](n2cc(C)c(=O)[nH]c2=S)C[C@@H]1OC(=O)CC. The number of nitrogens with one attached hydrogen (secondary N) is 1. The van der Waals surface area contributed by atoms with E-state index in [9.17, 15) is 14.4 Å². The highest BCUT2D eigenvalue weighted by molar-refractivity contribution is 7.71. The van der Waals surface area contributed by atoms with E-state index in [0.717, 1.165) is 0 Å². The van der Waals surface area contributed by atoms with Crippen molar-refractivity contribution in [3.05, 3.63) is 26.9 Å². The highest BCUT2D eigenvalue weighted by atomic mass is 32.1. The first-order valence-electron chi connectivity index (χ1n) is 8.18. The monoisotopic (exact) mass is 370 g/mol. The van der Waals surface area contributed by atoms with E-state index in [1.807, 2.05) is 0 Å². The summed E-state index contributed by atoms with van der Waals surface area (Å²) in [5.74, 6) is -0.716. The van der Waals surface area contributed by atoms with E-state index in [-0.39, 0.29) is 41.7 Å². The zero-order chi connectivity index (χ0) is 18.6. The van der Waals surface area contributed by atoms with Gasteiger partial charge in [0.2, 0.25) is 0 Å². The second kappa shape index (κ2) is 8.39. The van der Waals surface area contributed by atoms with E-state index in [1.165, 1.54) is 0 Å². The Balaban J connectivity index is 2.20. The largest absolute Gasteiger partial charge is 0.463 e. The number of nitrogens with zero attached hydrogens (tertiary/aromatic N) is 1. The van der Waals surface area contributed by atoms with Gasteiger partial charge in [0.1, 0.15) is 25.0 Å². The molecule has 3 atom stereocenters. The standard InChI is InChI=1S/C16H22N2O6S/c1-4-13(19)22-8-11-10(24-14(20)5-2)6-12(23-11)18-7-9(3)15(21)17-16(18)25/h7,10-12H,4-6,8H2,1-3H3,(H,17,21,25)/t10-,11+,12-/m0/s1. The number of aromatic amines is 1. The molecule has 1 N–H and O–H groups in total. The summed E-state index contributed by atoms with van der Waals surface area (Å²) in [5.41, 5.74) is 0.224. The minimum absolute atomic E-state index is 0.0134. The third-order valence-electron chi connectivity index (χ3n) is 3.91. The molecular formula is C16H22N2O6S. The Morgan fingerprint density at radius 1 is 1.36 bits per heavy atom. The summed E-state index contributed by atoms with van der Waals surface area (Å²) in [4.78, 5) is 37.3. The van der Waals surface area contributed by atoms with Crippen molar-refractivity contribution >= 4 is 24.2 Å². The summed E-state index contributed by atoms with van der Waals surface area (Å²) in [6.45, 7) is 5.04. The van der Waals surface area contributed by atoms with Crippen LogP contribution in [-0.4, -0.2) is 40.3 Å². The van der Waals surface area contributed by atoms with E-state index in [1.54, 1.807) is 31.5 Å². The number of H-pyrrole nitrogens is 1. The topological polar surface area (TPSA) is 99.6 Å². The number of aryl methyl sites for hydroxylation is 1. The van der Waals surface area contributed by atoms with Gasteiger partial charge in [-0.1, -0.05) is 13.8 Å². The molecule has 0 saturated carbocycles. The van der Waals surface area contributed by atoms with Gasteiger partial charge >= 0.3 is 11.9 Å². The van der Waals surface area contributed by atoms with Crippen molar-refractivity contribution in [1.82, 2.24) is 9.55 Å². The molecule has 0 aliphatic carbocycles. The molecule has 0 unspecified atom stereocenters. The summed E-state index contributed by atoms with van der Waals surface area (Å²) < 4.78 is 18.3. The van der Waals surface area contributed by atoms with Gasteiger partial charge in [0.15, 0.2) is 4.77 Å². The normalized spacial score (nSPS) is 22.6. The molecule has 1 aromatic rings. The van der Waals surface area contributed by atoms with E-state index < -0.39 is 18.4 Å². The number of aromatic nitrogens is 2. The molecule has 1 saturated heterocycles. The maximum Gasteiger partial charge on any atom is 0.305 e. The van der Waals surface area contributed by atoms with Gasteiger partial charge in [0, 0.05) is 31.0 Å². The third kappa shape index (κ3) is 4.76. The molecule has 1 fully saturated rings. The highest BCUT2D eigenvalue weighted by Gasteiger charge is 2.39. The van der Waals surface area contributed by atoms with Crippen LogP contribution in [0.15, 0.2) is 11.0 Å². The average molecular weight is 370 g/mol. The van der Waals surface area contributed by atoms with E-state index >= 15 is 0 Å².